The Balaban J connectivity index is 2.66. The van der Waals surface area contributed by atoms with Crippen molar-refractivity contribution in [2.75, 3.05) is 14.2 Å². The predicted molar refractivity (Wildman–Crippen MR) is 46.6 cm³/mol. The molecule has 0 bridgehead atoms. The minimum absolute atomic E-state index is 0.207. The summed E-state index contributed by atoms with van der Waals surface area (Å²) in [5, 5.41) is 1.02. The summed E-state index contributed by atoms with van der Waals surface area (Å²) < 4.78 is 25.9. The Bertz CT molecular complexity index is 233. The molecule has 0 heterocycles. The number of amides is 1. The van der Waals surface area contributed by atoms with Gasteiger partial charge in [0.25, 0.3) is 0 Å². The van der Waals surface area contributed by atoms with Crippen molar-refractivity contribution < 1.29 is 18.4 Å². The second kappa shape index (κ2) is 3.81. The highest BCUT2D eigenvalue weighted by Gasteiger charge is 2.48. The van der Waals surface area contributed by atoms with E-state index in [9.17, 15) is 13.6 Å². The maximum Gasteiger partial charge on any atom is 0.249 e. The van der Waals surface area contributed by atoms with Gasteiger partial charge in [0.05, 0.1) is 7.11 Å². The van der Waals surface area contributed by atoms with E-state index < -0.39 is 11.8 Å². The minimum Gasteiger partial charge on any atom is -0.275 e. The van der Waals surface area contributed by atoms with Crippen LogP contribution < -0.4 is 0 Å². The molecule has 5 heteroatoms. The lowest BCUT2D eigenvalue weighted by atomic mass is 9.97. The van der Waals surface area contributed by atoms with Gasteiger partial charge in [0.15, 0.2) is 0 Å². The molecule has 0 aromatic carbocycles. The Kier molecular flexibility index (Phi) is 3.09. The first kappa shape index (κ1) is 11.4. The molecule has 0 N–H and O–H groups in total. The summed E-state index contributed by atoms with van der Waals surface area (Å²) in [6.07, 6.45) is -0.568. The Morgan fingerprint density at radius 3 is 2.43 bits per heavy atom. The molecule has 1 fully saturated rings. The smallest absolute Gasteiger partial charge is 0.249 e. The normalized spacial score (nSPS) is 30.4. The molecule has 82 valence electrons. The van der Waals surface area contributed by atoms with Crippen LogP contribution in [-0.2, 0) is 9.63 Å². The molecule has 1 aliphatic rings. The summed E-state index contributed by atoms with van der Waals surface area (Å²) in [5.41, 5.74) is 0. The summed E-state index contributed by atoms with van der Waals surface area (Å²) in [6.45, 7) is 1.67. The third-order valence-corrected chi connectivity index (χ3v) is 2.73. The SMILES string of the molecule is CON(C)C(=O)C1CC(F)(F)CC1C. The van der Waals surface area contributed by atoms with Crippen LogP contribution in [-0.4, -0.2) is 31.1 Å². The van der Waals surface area contributed by atoms with Crippen LogP contribution in [0.15, 0.2) is 0 Å². The van der Waals surface area contributed by atoms with Gasteiger partial charge in [0, 0.05) is 25.8 Å². The number of hydroxylamine groups is 2. The van der Waals surface area contributed by atoms with E-state index in [4.69, 9.17) is 0 Å². The van der Waals surface area contributed by atoms with Gasteiger partial charge in [-0.3, -0.25) is 9.63 Å². The molecule has 0 aromatic rings. The van der Waals surface area contributed by atoms with Crippen molar-refractivity contribution in [1.29, 1.82) is 0 Å². The molecule has 1 rings (SSSR count). The number of rotatable bonds is 2. The molecule has 0 radical (unpaired) electrons. The van der Waals surface area contributed by atoms with Crippen LogP contribution in [0.5, 0.6) is 0 Å². The number of alkyl halides is 2. The second-order valence-corrected chi connectivity index (χ2v) is 3.87. The van der Waals surface area contributed by atoms with E-state index in [1.165, 1.54) is 14.2 Å². The van der Waals surface area contributed by atoms with Crippen molar-refractivity contribution >= 4 is 5.91 Å². The van der Waals surface area contributed by atoms with E-state index in [2.05, 4.69) is 4.84 Å². The van der Waals surface area contributed by atoms with Crippen LogP contribution in [0.2, 0.25) is 0 Å². The van der Waals surface area contributed by atoms with Crippen LogP contribution in [0.3, 0.4) is 0 Å². The lowest BCUT2D eigenvalue weighted by Gasteiger charge is -2.20. The van der Waals surface area contributed by atoms with Gasteiger partial charge < -0.3 is 0 Å². The number of hydrogen-bond acceptors (Lipinski definition) is 2. The van der Waals surface area contributed by atoms with Crippen LogP contribution in [0.1, 0.15) is 19.8 Å². The first-order valence-electron chi connectivity index (χ1n) is 4.57. The van der Waals surface area contributed by atoms with Gasteiger partial charge in [-0.25, -0.2) is 13.8 Å². The number of carbonyl (C=O) groups excluding carboxylic acids is 1. The molecular formula is C9H15F2NO2. The molecule has 1 amide bonds. The van der Waals surface area contributed by atoms with Crippen molar-refractivity contribution in [2.45, 2.75) is 25.7 Å². The molecule has 14 heavy (non-hydrogen) atoms. The van der Waals surface area contributed by atoms with Crippen LogP contribution in [0.25, 0.3) is 0 Å². The maximum absolute atomic E-state index is 13.0. The maximum atomic E-state index is 13.0. The van der Waals surface area contributed by atoms with Crippen molar-refractivity contribution in [2.24, 2.45) is 11.8 Å². The Labute approximate surface area is 82.0 Å². The van der Waals surface area contributed by atoms with Crippen LogP contribution in [0.4, 0.5) is 8.78 Å². The molecule has 2 unspecified atom stereocenters. The summed E-state index contributed by atoms with van der Waals surface area (Å²) in [4.78, 5) is 16.2. The zero-order chi connectivity index (χ0) is 10.9. The summed E-state index contributed by atoms with van der Waals surface area (Å²) >= 11 is 0. The van der Waals surface area contributed by atoms with E-state index in [1.807, 2.05) is 0 Å². The highest BCUT2D eigenvalue weighted by atomic mass is 19.3. The summed E-state index contributed by atoms with van der Waals surface area (Å²) in [6, 6.07) is 0. The quantitative estimate of drug-likeness (QED) is 0.645. The van der Waals surface area contributed by atoms with Gasteiger partial charge in [-0.15, -0.1) is 0 Å². The Morgan fingerprint density at radius 2 is 2.07 bits per heavy atom. The number of hydrogen-bond donors (Lipinski definition) is 0. The fraction of sp³-hybridized carbons (Fsp3) is 0.889. The first-order valence-corrected chi connectivity index (χ1v) is 4.57. The van der Waals surface area contributed by atoms with Crippen LogP contribution >= 0.6 is 0 Å². The van der Waals surface area contributed by atoms with Crippen molar-refractivity contribution in [3.05, 3.63) is 0 Å². The van der Waals surface area contributed by atoms with Crippen molar-refractivity contribution in [3.63, 3.8) is 0 Å². The van der Waals surface area contributed by atoms with Crippen molar-refractivity contribution in [3.8, 4) is 0 Å². The predicted octanol–water partition coefficient (Wildman–Crippen LogP) is 1.69. The molecule has 1 aliphatic carbocycles. The number of nitrogens with zero attached hydrogens (tertiary/aromatic N) is 1. The third kappa shape index (κ3) is 2.20. The molecule has 0 spiro atoms. The van der Waals surface area contributed by atoms with Crippen molar-refractivity contribution in [1.82, 2.24) is 5.06 Å². The lowest BCUT2D eigenvalue weighted by molar-refractivity contribution is -0.175. The number of halogens is 2. The molecule has 0 saturated heterocycles. The van der Waals surface area contributed by atoms with Gasteiger partial charge >= 0.3 is 0 Å². The fourth-order valence-corrected chi connectivity index (χ4v) is 1.87. The molecule has 0 aliphatic heterocycles. The fourth-order valence-electron chi connectivity index (χ4n) is 1.87. The Hall–Kier alpha value is -0.710. The number of carbonyl (C=O) groups is 1. The van der Waals surface area contributed by atoms with E-state index in [-0.39, 0.29) is 24.7 Å². The van der Waals surface area contributed by atoms with Gasteiger partial charge in [-0.05, 0) is 5.92 Å². The molecular weight excluding hydrogens is 192 g/mol. The van der Waals surface area contributed by atoms with E-state index >= 15 is 0 Å². The van der Waals surface area contributed by atoms with E-state index in [0.717, 1.165) is 5.06 Å². The third-order valence-electron chi connectivity index (χ3n) is 2.73. The average molecular weight is 207 g/mol. The van der Waals surface area contributed by atoms with Gasteiger partial charge in [-0.1, -0.05) is 6.92 Å². The largest absolute Gasteiger partial charge is 0.275 e. The monoisotopic (exact) mass is 207 g/mol. The van der Waals surface area contributed by atoms with Crippen LogP contribution in [0, 0.1) is 11.8 Å². The van der Waals surface area contributed by atoms with E-state index in [1.54, 1.807) is 6.92 Å². The standard InChI is InChI=1S/C9H15F2NO2/c1-6-4-9(10,11)5-7(6)8(13)12(2)14-3/h6-7H,4-5H2,1-3H3. The summed E-state index contributed by atoms with van der Waals surface area (Å²) in [7, 11) is 2.78. The highest BCUT2D eigenvalue weighted by molar-refractivity contribution is 5.78. The zero-order valence-electron chi connectivity index (χ0n) is 8.59. The molecule has 2 atom stereocenters. The molecule has 1 saturated carbocycles. The lowest BCUT2D eigenvalue weighted by Crippen LogP contribution is -2.33. The van der Waals surface area contributed by atoms with Gasteiger partial charge in [0.2, 0.25) is 11.8 Å². The molecule has 0 aromatic heterocycles. The Morgan fingerprint density at radius 1 is 1.50 bits per heavy atom. The second-order valence-electron chi connectivity index (χ2n) is 3.87. The topological polar surface area (TPSA) is 29.5 Å². The van der Waals surface area contributed by atoms with Gasteiger partial charge in [0.1, 0.15) is 0 Å². The van der Waals surface area contributed by atoms with E-state index in [0.29, 0.717) is 0 Å². The highest BCUT2D eigenvalue weighted by Crippen LogP contribution is 2.43. The summed E-state index contributed by atoms with van der Waals surface area (Å²) in [5.74, 6) is -3.96. The first-order chi connectivity index (χ1) is 6.37. The average Bonchev–Trinajstić information content (AvgIpc) is 2.37. The minimum atomic E-state index is -2.70. The van der Waals surface area contributed by atoms with Gasteiger partial charge in [-0.2, -0.15) is 0 Å². The zero-order valence-corrected chi connectivity index (χ0v) is 8.59. The molecule has 3 nitrogen and oxygen atoms in total.